The van der Waals surface area contributed by atoms with Crippen LogP contribution in [0, 0.1) is 0 Å². The van der Waals surface area contributed by atoms with E-state index in [1.165, 1.54) is 0 Å². The summed E-state index contributed by atoms with van der Waals surface area (Å²) in [5.41, 5.74) is 2.24. The molecule has 0 aromatic heterocycles. The van der Waals surface area contributed by atoms with E-state index in [-0.39, 0.29) is 22.0 Å². The molecule has 2 atom stereocenters. The summed E-state index contributed by atoms with van der Waals surface area (Å²) in [6.45, 7) is 8.64. The molecule has 4 heteroatoms. The van der Waals surface area contributed by atoms with Crippen LogP contribution in [0.5, 0.6) is 0 Å². The van der Waals surface area contributed by atoms with Gasteiger partial charge >= 0.3 is 11.9 Å². The van der Waals surface area contributed by atoms with E-state index < -0.39 is 11.9 Å². The number of aromatic carboxylic acids is 2. The van der Waals surface area contributed by atoms with Crippen molar-refractivity contribution in [1.82, 2.24) is 0 Å². The molecule has 0 heterocycles. The molecule has 2 aromatic rings. The summed E-state index contributed by atoms with van der Waals surface area (Å²) in [4.78, 5) is 22.3. The zero-order valence-corrected chi connectivity index (χ0v) is 15.7. The summed E-state index contributed by atoms with van der Waals surface area (Å²) in [6.07, 6.45) is 1.73. The third-order valence-electron chi connectivity index (χ3n) is 6.17. The Labute approximate surface area is 154 Å². The van der Waals surface area contributed by atoms with Crippen molar-refractivity contribution in [1.29, 1.82) is 0 Å². The maximum Gasteiger partial charge on any atom is 0.335 e. The molecule has 2 aromatic carbocycles. The van der Waals surface area contributed by atoms with Gasteiger partial charge < -0.3 is 10.2 Å². The van der Waals surface area contributed by atoms with Crippen LogP contribution in [0.1, 0.15) is 72.4 Å². The second-order valence-electron chi connectivity index (χ2n) is 7.14. The minimum absolute atomic E-state index is 0.233. The van der Waals surface area contributed by atoms with Crippen LogP contribution in [0.2, 0.25) is 0 Å². The predicted octanol–water partition coefficient (Wildman–Crippen LogP) is 5.12. The van der Waals surface area contributed by atoms with E-state index in [0.717, 1.165) is 24.0 Å². The minimum Gasteiger partial charge on any atom is -0.478 e. The highest BCUT2D eigenvalue weighted by molar-refractivity contribution is 5.88. The minimum atomic E-state index is -0.933. The Kier molecular flexibility index (Phi) is 5.55. The van der Waals surface area contributed by atoms with Crippen LogP contribution >= 0.6 is 0 Å². The average Bonchev–Trinajstić information content (AvgIpc) is 2.66. The molecule has 0 spiro atoms. The van der Waals surface area contributed by atoms with Gasteiger partial charge in [0.1, 0.15) is 0 Å². The van der Waals surface area contributed by atoms with Crippen molar-refractivity contribution in [2.24, 2.45) is 0 Å². The predicted molar refractivity (Wildman–Crippen MR) is 102 cm³/mol. The molecule has 0 bridgehead atoms. The first kappa shape index (κ1) is 19.7. The van der Waals surface area contributed by atoms with Gasteiger partial charge in [-0.15, -0.1) is 0 Å². The highest BCUT2D eigenvalue weighted by Gasteiger charge is 2.44. The molecule has 0 aliphatic rings. The van der Waals surface area contributed by atoms with Gasteiger partial charge in [-0.3, -0.25) is 0 Å². The molecule has 26 heavy (non-hydrogen) atoms. The smallest absolute Gasteiger partial charge is 0.335 e. The van der Waals surface area contributed by atoms with Gasteiger partial charge in [0.15, 0.2) is 0 Å². The number of carboxylic acid groups (broad SMARTS) is 2. The van der Waals surface area contributed by atoms with Crippen molar-refractivity contribution in [2.75, 3.05) is 0 Å². The van der Waals surface area contributed by atoms with E-state index in [1.54, 1.807) is 24.3 Å². The molecule has 0 radical (unpaired) electrons. The fourth-order valence-corrected chi connectivity index (χ4v) is 3.79. The summed E-state index contributed by atoms with van der Waals surface area (Å²) in [6, 6.07) is 14.2. The highest BCUT2D eigenvalue weighted by atomic mass is 16.4. The van der Waals surface area contributed by atoms with Gasteiger partial charge in [0.2, 0.25) is 0 Å². The van der Waals surface area contributed by atoms with Crippen LogP contribution in [0.4, 0.5) is 0 Å². The first-order valence-corrected chi connectivity index (χ1v) is 8.87. The fourth-order valence-electron chi connectivity index (χ4n) is 3.79. The van der Waals surface area contributed by atoms with Crippen molar-refractivity contribution in [2.45, 2.75) is 51.4 Å². The standard InChI is InChI=1S/C22H26O4/c1-5-21(3,17-11-7-15(8-12-17)19(23)24)22(4,6-2)18-13-9-16(10-14-18)20(25)26/h7-14H,5-6H2,1-4H3,(H,23,24)(H,25,26). The lowest BCUT2D eigenvalue weighted by molar-refractivity contribution is 0.0686. The molecule has 0 saturated carbocycles. The fraction of sp³-hybridized carbons (Fsp3) is 0.364. The largest absolute Gasteiger partial charge is 0.478 e. The van der Waals surface area contributed by atoms with Crippen LogP contribution in [0.15, 0.2) is 48.5 Å². The van der Waals surface area contributed by atoms with Gasteiger partial charge in [-0.1, -0.05) is 52.0 Å². The first-order valence-electron chi connectivity index (χ1n) is 8.87. The Morgan fingerprint density at radius 1 is 0.692 bits per heavy atom. The molecule has 0 saturated heterocycles. The number of carbonyl (C=O) groups is 2. The summed E-state index contributed by atoms with van der Waals surface area (Å²) in [5.74, 6) is -1.87. The van der Waals surface area contributed by atoms with Crippen molar-refractivity contribution in [3.05, 3.63) is 70.8 Å². The topological polar surface area (TPSA) is 74.6 Å². The number of carboxylic acids is 2. The van der Waals surface area contributed by atoms with Gasteiger partial charge in [-0.2, -0.15) is 0 Å². The maximum atomic E-state index is 11.1. The Balaban J connectivity index is 2.54. The molecular formula is C22H26O4. The van der Waals surface area contributed by atoms with Gasteiger partial charge in [-0.25, -0.2) is 9.59 Å². The molecule has 0 aliphatic heterocycles. The molecular weight excluding hydrogens is 328 g/mol. The Hall–Kier alpha value is -2.62. The lowest BCUT2D eigenvalue weighted by Gasteiger charge is -2.47. The Bertz CT molecular complexity index is 722. The van der Waals surface area contributed by atoms with Crippen LogP contribution in [-0.4, -0.2) is 22.2 Å². The van der Waals surface area contributed by atoms with E-state index >= 15 is 0 Å². The normalized spacial score (nSPS) is 15.7. The molecule has 138 valence electrons. The summed E-state index contributed by atoms with van der Waals surface area (Å²) in [5, 5.41) is 18.3. The molecule has 0 aliphatic carbocycles. The quantitative estimate of drug-likeness (QED) is 0.724. The van der Waals surface area contributed by atoms with E-state index in [2.05, 4.69) is 27.7 Å². The van der Waals surface area contributed by atoms with Crippen LogP contribution in [0.25, 0.3) is 0 Å². The number of rotatable bonds is 7. The molecule has 2 unspecified atom stereocenters. The molecule has 2 rings (SSSR count). The van der Waals surface area contributed by atoms with Crippen molar-refractivity contribution in [3.63, 3.8) is 0 Å². The number of benzene rings is 2. The zero-order chi connectivity index (χ0) is 19.5. The van der Waals surface area contributed by atoms with Gasteiger partial charge in [0, 0.05) is 10.8 Å². The second-order valence-corrected chi connectivity index (χ2v) is 7.14. The zero-order valence-electron chi connectivity index (χ0n) is 15.7. The number of hydrogen-bond donors (Lipinski definition) is 2. The van der Waals surface area contributed by atoms with E-state index in [0.29, 0.717) is 0 Å². The third-order valence-corrected chi connectivity index (χ3v) is 6.17. The van der Waals surface area contributed by atoms with Gasteiger partial charge in [-0.05, 0) is 48.2 Å². The molecule has 4 nitrogen and oxygen atoms in total. The summed E-state index contributed by atoms with van der Waals surface area (Å²) >= 11 is 0. The van der Waals surface area contributed by atoms with Crippen molar-refractivity contribution >= 4 is 11.9 Å². The van der Waals surface area contributed by atoms with Gasteiger partial charge in [0.25, 0.3) is 0 Å². The summed E-state index contributed by atoms with van der Waals surface area (Å²) < 4.78 is 0. The Morgan fingerprint density at radius 3 is 1.15 bits per heavy atom. The van der Waals surface area contributed by atoms with Gasteiger partial charge in [0.05, 0.1) is 11.1 Å². The highest BCUT2D eigenvalue weighted by Crippen LogP contribution is 2.48. The van der Waals surface area contributed by atoms with Crippen molar-refractivity contribution in [3.8, 4) is 0 Å². The molecule has 0 amide bonds. The maximum absolute atomic E-state index is 11.1. The monoisotopic (exact) mass is 354 g/mol. The lowest BCUT2D eigenvalue weighted by Crippen LogP contribution is -2.44. The van der Waals surface area contributed by atoms with Crippen LogP contribution < -0.4 is 0 Å². The first-order chi connectivity index (χ1) is 12.2. The third kappa shape index (κ3) is 3.24. The summed E-state index contributed by atoms with van der Waals surface area (Å²) in [7, 11) is 0. The average molecular weight is 354 g/mol. The van der Waals surface area contributed by atoms with Crippen molar-refractivity contribution < 1.29 is 19.8 Å². The molecule has 0 fully saturated rings. The molecule has 2 N–H and O–H groups in total. The SMILES string of the molecule is CCC(C)(c1ccc(C(=O)O)cc1)C(C)(CC)c1ccc(C(=O)O)cc1. The van der Waals surface area contributed by atoms with E-state index in [9.17, 15) is 9.59 Å². The second kappa shape index (κ2) is 7.32. The number of hydrogen-bond acceptors (Lipinski definition) is 2. The Morgan fingerprint density at radius 2 is 0.962 bits per heavy atom. The lowest BCUT2D eigenvalue weighted by atomic mass is 9.56. The van der Waals surface area contributed by atoms with Crippen LogP contribution in [-0.2, 0) is 10.8 Å². The van der Waals surface area contributed by atoms with Crippen LogP contribution in [0.3, 0.4) is 0 Å². The van der Waals surface area contributed by atoms with E-state index in [1.807, 2.05) is 24.3 Å². The van der Waals surface area contributed by atoms with E-state index in [4.69, 9.17) is 10.2 Å².